The summed E-state index contributed by atoms with van der Waals surface area (Å²) in [6, 6.07) is 0. The van der Waals surface area contributed by atoms with Crippen LogP contribution in [0.15, 0.2) is 0 Å². The zero-order valence-electron chi connectivity index (χ0n) is 21.5. The summed E-state index contributed by atoms with van der Waals surface area (Å²) in [5.74, 6) is 1.36. The SMILES string of the molecule is C[C@H](CCC(=O)ON1C(=O)CCC1=O)[C@H]1CC[C@H]2[C@@H]3CC(=O)[C@@H]4C[C@H](O)CC[C@]4(C)[C@H]3CC[C@]12C. The first-order valence-corrected chi connectivity index (χ1v) is 13.8. The Morgan fingerprint density at radius 2 is 1.69 bits per heavy atom. The number of hydroxylamine groups is 2. The number of fused-ring (bicyclic) bond motifs is 5. The number of aliphatic hydroxyl groups excluding tert-OH is 1. The molecule has 1 aliphatic heterocycles. The summed E-state index contributed by atoms with van der Waals surface area (Å²) in [6.45, 7) is 6.97. The van der Waals surface area contributed by atoms with Crippen molar-refractivity contribution in [1.29, 1.82) is 0 Å². The van der Waals surface area contributed by atoms with Gasteiger partial charge in [-0.05, 0) is 91.8 Å². The number of rotatable bonds is 5. The lowest BCUT2D eigenvalue weighted by Crippen LogP contribution is -2.57. The van der Waals surface area contributed by atoms with Gasteiger partial charge in [0.05, 0.1) is 6.10 Å². The average Bonchev–Trinajstić information content (AvgIpc) is 3.33. The summed E-state index contributed by atoms with van der Waals surface area (Å²) in [6.07, 6.45) is 8.42. The van der Waals surface area contributed by atoms with Crippen LogP contribution in [0.25, 0.3) is 0 Å². The number of carbonyl (C=O) groups is 4. The second-order valence-electron chi connectivity index (χ2n) is 12.8. The van der Waals surface area contributed by atoms with E-state index in [9.17, 15) is 24.3 Å². The molecule has 0 aromatic carbocycles. The third kappa shape index (κ3) is 4.06. The average molecular weight is 488 g/mol. The van der Waals surface area contributed by atoms with Gasteiger partial charge in [-0.1, -0.05) is 20.8 Å². The van der Waals surface area contributed by atoms with Gasteiger partial charge in [-0.25, -0.2) is 4.79 Å². The number of Topliss-reactive ketones (excluding diaryl/α,β-unsaturated/α-hetero) is 1. The van der Waals surface area contributed by atoms with Gasteiger partial charge in [0.1, 0.15) is 5.78 Å². The molecule has 0 unspecified atom stereocenters. The van der Waals surface area contributed by atoms with Crippen LogP contribution in [0.4, 0.5) is 0 Å². The molecule has 1 saturated heterocycles. The van der Waals surface area contributed by atoms with Gasteiger partial charge in [0, 0.05) is 31.6 Å². The predicted octanol–water partition coefficient (Wildman–Crippen LogP) is 4.21. The van der Waals surface area contributed by atoms with Gasteiger partial charge in [-0.15, -0.1) is 5.06 Å². The van der Waals surface area contributed by atoms with Gasteiger partial charge >= 0.3 is 5.97 Å². The quantitative estimate of drug-likeness (QED) is 0.583. The van der Waals surface area contributed by atoms with Crippen molar-refractivity contribution in [3.05, 3.63) is 0 Å². The number of hydrogen-bond donors (Lipinski definition) is 1. The zero-order chi connectivity index (χ0) is 25.1. The van der Waals surface area contributed by atoms with E-state index in [4.69, 9.17) is 4.84 Å². The van der Waals surface area contributed by atoms with E-state index in [2.05, 4.69) is 20.8 Å². The standard InChI is InChI=1S/C28H41NO6/c1-16(4-9-26(34)35-29-24(32)7-8-25(29)33)19-5-6-20-18-15-23(31)22-14-17(30)10-12-28(22,3)21(18)11-13-27(19,20)2/h16-22,30H,4-15H2,1-3H3/t16-,17-,18+,19-,20+,21+,22+,27-,28-/m1/s1. The largest absolute Gasteiger partial charge is 0.393 e. The Balaban J connectivity index is 1.23. The molecule has 0 aromatic heterocycles. The van der Waals surface area contributed by atoms with Gasteiger partial charge in [-0.2, -0.15) is 0 Å². The summed E-state index contributed by atoms with van der Waals surface area (Å²) in [7, 11) is 0. The molecule has 4 saturated carbocycles. The normalized spacial score (nSPS) is 44.0. The smallest absolute Gasteiger partial charge is 0.333 e. The van der Waals surface area contributed by atoms with Gasteiger partial charge in [-0.3, -0.25) is 14.4 Å². The molecule has 1 N–H and O–H groups in total. The lowest BCUT2D eigenvalue weighted by molar-refractivity contribution is -0.197. The van der Waals surface area contributed by atoms with Crippen LogP contribution in [0.3, 0.4) is 0 Å². The molecule has 5 rings (SSSR count). The second kappa shape index (κ2) is 8.97. The maximum Gasteiger partial charge on any atom is 0.333 e. The van der Waals surface area contributed by atoms with Crippen LogP contribution in [0.1, 0.15) is 97.8 Å². The van der Waals surface area contributed by atoms with Crippen LogP contribution in [0.5, 0.6) is 0 Å². The van der Waals surface area contributed by atoms with E-state index in [-0.39, 0.29) is 42.1 Å². The van der Waals surface area contributed by atoms with Crippen molar-refractivity contribution in [3.63, 3.8) is 0 Å². The maximum absolute atomic E-state index is 13.3. The van der Waals surface area contributed by atoms with Gasteiger partial charge in [0.25, 0.3) is 11.8 Å². The summed E-state index contributed by atoms with van der Waals surface area (Å²) in [5.41, 5.74) is 0.196. The van der Waals surface area contributed by atoms with Crippen molar-refractivity contribution >= 4 is 23.6 Å². The molecule has 5 fully saturated rings. The van der Waals surface area contributed by atoms with E-state index in [1.165, 1.54) is 0 Å². The topological polar surface area (TPSA) is 101 Å². The number of hydrogen-bond acceptors (Lipinski definition) is 6. The van der Waals surface area contributed by atoms with Crippen molar-refractivity contribution in [2.45, 2.75) is 104 Å². The van der Waals surface area contributed by atoms with Crippen molar-refractivity contribution < 1.29 is 29.1 Å². The van der Waals surface area contributed by atoms with Crippen LogP contribution < -0.4 is 0 Å². The molecule has 1 heterocycles. The Kier molecular flexibility index (Phi) is 6.38. The molecule has 194 valence electrons. The summed E-state index contributed by atoms with van der Waals surface area (Å²) in [4.78, 5) is 54.2. The number of ketones is 1. The molecule has 0 bridgehead atoms. The molecule has 7 nitrogen and oxygen atoms in total. The molecule has 4 aliphatic carbocycles. The van der Waals surface area contributed by atoms with Crippen molar-refractivity contribution in [3.8, 4) is 0 Å². The monoisotopic (exact) mass is 487 g/mol. The van der Waals surface area contributed by atoms with Crippen LogP contribution >= 0.6 is 0 Å². The molecule has 35 heavy (non-hydrogen) atoms. The molecule has 0 radical (unpaired) electrons. The summed E-state index contributed by atoms with van der Waals surface area (Å²) < 4.78 is 0. The molecule has 0 spiro atoms. The summed E-state index contributed by atoms with van der Waals surface area (Å²) >= 11 is 0. The van der Waals surface area contributed by atoms with Crippen LogP contribution in [0, 0.1) is 46.3 Å². The Hall–Kier alpha value is -1.76. The second-order valence-corrected chi connectivity index (χ2v) is 12.8. The lowest BCUT2D eigenvalue weighted by Gasteiger charge is -2.60. The Bertz CT molecular complexity index is 901. The zero-order valence-corrected chi connectivity index (χ0v) is 21.5. The van der Waals surface area contributed by atoms with Gasteiger partial charge in [0.2, 0.25) is 0 Å². The molecule has 5 aliphatic rings. The van der Waals surface area contributed by atoms with Crippen molar-refractivity contribution in [2.75, 3.05) is 0 Å². The van der Waals surface area contributed by atoms with E-state index in [1.807, 2.05) is 0 Å². The summed E-state index contributed by atoms with van der Waals surface area (Å²) in [5, 5.41) is 10.9. The van der Waals surface area contributed by atoms with E-state index >= 15 is 0 Å². The number of aliphatic hydroxyl groups is 1. The molecule has 9 atom stereocenters. The highest BCUT2D eigenvalue weighted by molar-refractivity contribution is 6.01. The number of carbonyl (C=O) groups excluding carboxylic acids is 4. The molecule has 2 amide bonds. The van der Waals surface area contributed by atoms with Crippen molar-refractivity contribution in [2.24, 2.45) is 46.3 Å². The van der Waals surface area contributed by atoms with E-state index in [0.717, 1.165) is 38.5 Å². The number of imide groups is 1. The fraction of sp³-hybridized carbons (Fsp3) is 0.857. The number of nitrogens with zero attached hydrogens (tertiary/aromatic N) is 1. The minimum absolute atomic E-state index is 0.0216. The molecule has 7 heteroatoms. The first kappa shape index (κ1) is 24.9. The number of amides is 2. The Morgan fingerprint density at radius 1 is 1.03 bits per heavy atom. The maximum atomic E-state index is 13.3. The van der Waals surface area contributed by atoms with Crippen LogP contribution in [0.2, 0.25) is 0 Å². The highest BCUT2D eigenvalue weighted by atomic mass is 16.7. The van der Waals surface area contributed by atoms with E-state index in [1.54, 1.807) is 0 Å². The third-order valence-electron chi connectivity index (χ3n) is 11.2. The predicted molar refractivity (Wildman–Crippen MR) is 127 cm³/mol. The molecular weight excluding hydrogens is 446 g/mol. The molecular formula is C28H41NO6. The fourth-order valence-corrected chi connectivity index (χ4v) is 9.35. The van der Waals surface area contributed by atoms with Gasteiger partial charge < -0.3 is 9.94 Å². The van der Waals surface area contributed by atoms with Crippen molar-refractivity contribution in [1.82, 2.24) is 5.06 Å². The first-order valence-electron chi connectivity index (χ1n) is 13.8. The van der Waals surface area contributed by atoms with Crippen LogP contribution in [-0.2, 0) is 24.0 Å². The highest BCUT2D eigenvalue weighted by Crippen LogP contribution is 2.67. The van der Waals surface area contributed by atoms with E-state index < -0.39 is 17.8 Å². The Morgan fingerprint density at radius 3 is 2.40 bits per heavy atom. The molecule has 0 aromatic rings. The minimum Gasteiger partial charge on any atom is -0.393 e. The van der Waals surface area contributed by atoms with Crippen LogP contribution in [-0.4, -0.2) is 39.8 Å². The minimum atomic E-state index is -0.514. The van der Waals surface area contributed by atoms with Gasteiger partial charge in [0.15, 0.2) is 0 Å². The fourth-order valence-electron chi connectivity index (χ4n) is 9.35. The third-order valence-corrected chi connectivity index (χ3v) is 11.2. The lowest BCUT2D eigenvalue weighted by atomic mass is 9.44. The van der Waals surface area contributed by atoms with E-state index in [0.29, 0.717) is 59.7 Å². The highest BCUT2D eigenvalue weighted by Gasteiger charge is 2.62. The Labute approximate surface area is 208 Å². The first-order chi connectivity index (χ1) is 16.5.